The zero-order valence-corrected chi connectivity index (χ0v) is 16.8. The van der Waals surface area contributed by atoms with Gasteiger partial charge in [0, 0.05) is 55.6 Å². The molecule has 29 heavy (non-hydrogen) atoms. The van der Waals surface area contributed by atoms with E-state index in [0.717, 1.165) is 75.5 Å². The summed E-state index contributed by atoms with van der Waals surface area (Å²) >= 11 is 0. The standard InChI is InChI=1S/C24H27N3O2/c28-24-21-16-18(7-8-19(21)17-25-24)4-1-2-10-26-11-13-27(14-12-26)22-5-3-6-23-20(22)9-15-29-23/h3,5-8,16-17H,1-2,4,9-15H2. The van der Waals surface area contributed by atoms with Crippen LogP contribution in [0.1, 0.15) is 39.9 Å². The minimum absolute atomic E-state index is 0.102. The lowest BCUT2D eigenvalue weighted by molar-refractivity contribution is 0.101. The van der Waals surface area contributed by atoms with Gasteiger partial charge in [0.2, 0.25) is 0 Å². The third kappa shape index (κ3) is 3.79. The number of hydrogen-bond donors (Lipinski definition) is 0. The molecule has 0 atom stereocenters. The third-order valence-electron chi connectivity index (χ3n) is 6.29. The minimum Gasteiger partial charge on any atom is -0.493 e. The van der Waals surface area contributed by atoms with E-state index >= 15 is 0 Å². The van der Waals surface area contributed by atoms with Gasteiger partial charge in [0.1, 0.15) is 5.75 Å². The number of piperazine rings is 1. The molecule has 3 aliphatic heterocycles. The summed E-state index contributed by atoms with van der Waals surface area (Å²) in [7, 11) is 0. The second kappa shape index (κ2) is 7.99. The molecule has 5 rings (SSSR count). The lowest BCUT2D eigenvalue weighted by atomic mass is 10.0. The number of benzene rings is 2. The first kappa shape index (κ1) is 18.4. The number of fused-ring (bicyclic) bond motifs is 2. The molecule has 0 radical (unpaired) electrons. The van der Waals surface area contributed by atoms with Crippen molar-refractivity contribution in [2.75, 3.05) is 44.2 Å². The highest BCUT2D eigenvalue weighted by atomic mass is 16.5. The number of nitrogens with zero attached hydrogens (tertiary/aromatic N) is 3. The Morgan fingerprint density at radius 3 is 2.83 bits per heavy atom. The van der Waals surface area contributed by atoms with Gasteiger partial charge in [-0.2, -0.15) is 0 Å². The summed E-state index contributed by atoms with van der Waals surface area (Å²) in [4.78, 5) is 20.7. The van der Waals surface area contributed by atoms with Crippen molar-refractivity contribution < 1.29 is 9.53 Å². The zero-order chi connectivity index (χ0) is 19.6. The zero-order valence-electron chi connectivity index (χ0n) is 16.8. The van der Waals surface area contributed by atoms with E-state index in [-0.39, 0.29) is 5.91 Å². The van der Waals surface area contributed by atoms with Gasteiger partial charge >= 0.3 is 0 Å². The molecule has 0 unspecified atom stereocenters. The molecule has 3 aliphatic rings. The predicted molar refractivity (Wildman–Crippen MR) is 116 cm³/mol. The quantitative estimate of drug-likeness (QED) is 0.711. The van der Waals surface area contributed by atoms with Gasteiger partial charge in [0.25, 0.3) is 5.91 Å². The van der Waals surface area contributed by atoms with Crippen LogP contribution in [0.3, 0.4) is 0 Å². The number of rotatable bonds is 6. The van der Waals surface area contributed by atoms with Crippen molar-refractivity contribution >= 4 is 17.8 Å². The van der Waals surface area contributed by atoms with Gasteiger partial charge in [-0.25, -0.2) is 4.99 Å². The number of unbranched alkanes of at least 4 members (excludes halogenated alkanes) is 1. The largest absolute Gasteiger partial charge is 0.493 e. The molecule has 5 heteroatoms. The maximum atomic E-state index is 11.7. The highest BCUT2D eigenvalue weighted by Crippen LogP contribution is 2.34. The van der Waals surface area contributed by atoms with E-state index in [4.69, 9.17) is 4.74 Å². The van der Waals surface area contributed by atoms with E-state index in [9.17, 15) is 4.79 Å². The van der Waals surface area contributed by atoms with Crippen LogP contribution in [-0.4, -0.2) is 56.4 Å². The van der Waals surface area contributed by atoms with Crippen LogP contribution in [0, 0.1) is 0 Å². The van der Waals surface area contributed by atoms with Crippen LogP contribution in [0.4, 0.5) is 5.69 Å². The van der Waals surface area contributed by atoms with Gasteiger partial charge in [-0.1, -0.05) is 18.2 Å². The average molecular weight is 389 g/mol. The summed E-state index contributed by atoms with van der Waals surface area (Å²) in [5.41, 5.74) is 5.71. The molecule has 0 aliphatic carbocycles. The number of carbonyl (C=O) groups is 1. The Labute approximate surface area is 172 Å². The van der Waals surface area contributed by atoms with Crippen molar-refractivity contribution in [2.24, 2.45) is 4.99 Å². The van der Waals surface area contributed by atoms with Gasteiger partial charge in [-0.3, -0.25) is 9.69 Å². The Balaban J connectivity index is 1.07. The first-order valence-corrected chi connectivity index (χ1v) is 10.7. The lowest BCUT2D eigenvalue weighted by Crippen LogP contribution is -2.46. The van der Waals surface area contributed by atoms with Crippen molar-refractivity contribution in [1.82, 2.24) is 4.90 Å². The Morgan fingerprint density at radius 2 is 1.93 bits per heavy atom. The second-order valence-electron chi connectivity index (χ2n) is 8.12. The number of carbonyl (C=O) groups excluding carboxylic acids is 1. The molecule has 5 nitrogen and oxygen atoms in total. The van der Waals surface area contributed by atoms with E-state index < -0.39 is 0 Å². The molecule has 2 aromatic rings. The Hall–Kier alpha value is -2.66. The van der Waals surface area contributed by atoms with Gasteiger partial charge < -0.3 is 9.64 Å². The second-order valence-corrected chi connectivity index (χ2v) is 8.12. The molecule has 150 valence electrons. The first-order valence-electron chi connectivity index (χ1n) is 10.7. The van der Waals surface area contributed by atoms with Crippen LogP contribution in [0.5, 0.6) is 5.75 Å². The predicted octanol–water partition coefficient (Wildman–Crippen LogP) is 3.34. The SMILES string of the molecule is O=C1N=Cc2ccc(CCCCN3CCN(c4cccc5c4CCO5)CC3)cc21. The van der Waals surface area contributed by atoms with E-state index in [1.165, 1.54) is 23.2 Å². The van der Waals surface area contributed by atoms with Crippen molar-refractivity contribution in [3.8, 4) is 5.75 Å². The Morgan fingerprint density at radius 1 is 1.03 bits per heavy atom. The number of hydrogen-bond acceptors (Lipinski definition) is 4. The van der Waals surface area contributed by atoms with Crippen LogP contribution in [0.15, 0.2) is 41.4 Å². The van der Waals surface area contributed by atoms with Crippen LogP contribution in [0.25, 0.3) is 0 Å². The summed E-state index contributed by atoms with van der Waals surface area (Å²) in [5, 5.41) is 0. The summed E-state index contributed by atoms with van der Waals surface area (Å²) < 4.78 is 5.72. The van der Waals surface area contributed by atoms with Crippen molar-refractivity contribution in [3.05, 3.63) is 58.7 Å². The summed E-state index contributed by atoms with van der Waals surface area (Å²) in [6.45, 7) is 6.38. The minimum atomic E-state index is -0.102. The molecule has 0 N–H and O–H groups in total. The topological polar surface area (TPSA) is 45.1 Å². The number of ether oxygens (including phenoxy) is 1. The Kier molecular flexibility index (Phi) is 5.06. The smallest absolute Gasteiger partial charge is 0.277 e. The molecule has 0 spiro atoms. The van der Waals surface area contributed by atoms with E-state index in [1.54, 1.807) is 6.21 Å². The summed E-state index contributed by atoms with van der Waals surface area (Å²) in [6, 6.07) is 12.6. The van der Waals surface area contributed by atoms with Crippen molar-refractivity contribution in [1.29, 1.82) is 0 Å². The molecular weight excluding hydrogens is 362 g/mol. The molecular formula is C24H27N3O2. The molecule has 0 saturated carbocycles. The fourth-order valence-electron chi connectivity index (χ4n) is 4.63. The van der Waals surface area contributed by atoms with E-state index in [1.807, 2.05) is 12.1 Å². The number of anilines is 1. The monoisotopic (exact) mass is 389 g/mol. The van der Waals surface area contributed by atoms with Crippen molar-refractivity contribution in [2.45, 2.75) is 25.7 Å². The molecule has 1 amide bonds. The Bertz CT molecular complexity index is 945. The normalized spacial score (nSPS) is 18.1. The van der Waals surface area contributed by atoms with Crippen LogP contribution in [-0.2, 0) is 12.8 Å². The van der Waals surface area contributed by atoms with Crippen LogP contribution in [0.2, 0.25) is 0 Å². The third-order valence-corrected chi connectivity index (χ3v) is 6.29. The summed E-state index contributed by atoms with van der Waals surface area (Å²) in [6.07, 6.45) is 6.06. The van der Waals surface area contributed by atoms with Gasteiger partial charge in [0.15, 0.2) is 0 Å². The van der Waals surface area contributed by atoms with E-state index in [0.29, 0.717) is 0 Å². The number of aliphatic imine (C=N–C) groups is 1. The van der Waals surface area contributed by atoms with Crippen molar-refractivity contribution in [3.63, 3.8) is 0 Å². The molecule has 0 aromatic heterocycles. The molecule has 1 saturated heterocycles. The summed E-state index contributed by atoms with van der Waals surface area (Å²) in [5.74, 6) is 0.972. The van der Waals surface area contributed by atoms with Crippen LogP contribution >= 0.6 is 0 Å². The first-order chi connectivity index (χ1) is 14.3. The van der Waals surface area contributed by atoms with Gasteiger partial charge in [-0.15, -0.1) is 0 Å². The van der Waals surface area contributed by atoms with Crippen LogP contribution < -0.4 is 9.64 Å². The van der Waals surface area contributed by atoms with E-state index in [2.05, 4.69) is 39.1 Å². The maximum Gasteiger partial charge on any atom is 0.277 e. The maximum absolute atomic E-state index is 11.7. The number of amides is 1. The van der Waals surface area contributed by atoms with Gasteiger partial charge in [0.05, 0.1) is 12.2 Å². The average Bonchev–Trinajstić information content (AvgIpc) is 3.38. The highest BCUT2D eigenvalue weighted by Gasteiger charge is 2.23. The highest BCUT2D eigenvalue weighted by molar-refractivity contribution is 6.12. The fraction of sp³-hybridized carbons (Fsp3) is 0.417. The fourth-order valence-corrected chi connectivity index (χ4v) is 4.63. The van der Waals surface area contributed by atoms with Gasteiger partial charge in [-0.05, 0) is 49.6 Å². The lowest BCUT2D eigenvalue weighted by Gasteiger charge is -2.36. The molecule has 0 bridgehead atoms. The number of aryl methyl sites for hydroxylation is 1. The molecule has 3 heterocycles. The molecule has 2 aromatic carbocycles. The molecule has 1 fully saturated rings.